The molecule has 1 heterocycles. The summed E-state index contributed by atoms with van der Waals surface area (Å²) >= 11 is 0. The molecule has 1 amide bonds. The summed E-state index contributed by atoms with van der Waals surface area (Å²) in [5.74, 6) is -0.432. The highest BCUT2D eigenvalue weighted by molar-refractivity contribution is 5.99. The maximum atomic E-state index is 11.4. The van der Waals surface area contributed by atoms with E-state index in [1.54, 1.807) is 18.2 Å². The minimum atomic E-state index is -0.432. The summed E-state index contributed by atoms with van der Waals surface area (Å²) in [5, 5.41) is 3.31. The fourth-order valence-electron chi connectivity index (χ4n) is 2.67. The number of hydrogen-bond acceptors (Lipinski definition) is 4. The molecule has 1 unspecified atom stereocenters. The molecular formula is C15H24N4O. The van der Waals surface area contributed by atoms with Crippen LogP contribution in [0.2, 0.25) is 0 Å². The largest absolute Gasteiger partial charge is 0.399 e. The molecule has 1 atom stereocenters. The SMILES string of the molecule is CC(CNc1cc(N)ccc1C(N)=O)N1CCCCC1. The second-order valence-corrected chi connectivity index (χ2v) is 5.50. The second kappa shape index (κ2) is 6.61. The Morgan fingerprint density at radius 2 is 2.05 bits per heavy atom. The van der Waals surface area contributed by atoms with Crippen LogP contribution in [-0.2, 0) is 0 Å². The Morgan fingerprint density at radius 3 is 2.70 bits per heavy atom. The third-order valence-corrected chi connectivity index (χ3v) is 3.91. The molecular weight excluding hydrogens is 252 g/mol. The van der Waals surface area contributed by atoms with Crippen molar-refractivity contribution in [1.29, 1.82) is 0 Å². The van der Waals surface area contributed by atoms with E-state index in [1.165, 1.54) is 19.3 Å². The van der Waals surface area contributed by atoms with Crippen LogP contribution in [0, 0.1) is 0 Å². The summed E-state index contributed by atoms with van der Waals surface area (Å²) in [6.07, 6.45) is 3.88. The molecule has 1 aliphatic rings. The van der Waals surface area contributed by atoms with E-state index in [9.17, 15) is 4.79 Å². The molecule has 1 aromatic rings. The minimum Gasteiger partial charge on any atom is -0.399 e. The average Bonchev–Trinajstić information content (AvgIpc) is 2.45. The van der Waals surface area contributed by atoms with E-state index < -0.39 is 5.91 Å². The first-order valence-corrected chi connectivity index (χ1v) is 7.25. The number of primary amides is 1. The van der Waals surface area contributed by atoms with Crippen molar-refractivity contribution in [2.24, 2.45) is 5.73 Å². The standard InChI is InChI=1S/C15H24N4O/c1-11(19-7-3-2-4-8-19)10-18-14-9-12(16)5-6-13(14)15(17)20/h5-6,9,11,18H,2-4,7-8,10,16H2,1H3,(H2,17,20). The van der Waals surface area contributed by atoms with Crippen LogP contribution in [0.1, 0.15) is 36.5 Å². The molecule has 1 aromatic carbocycles. The number of nitrogen functional groups attached to an aromatic ring is 1. The molecule has 1 fully saturated rings. The molecule has 0 saturated carbocycles. The molecule has 5 nitrogen and oxygen atoms in total. The van der Waals surface area contributed by atoms with Crippen molar-refractivity contribution in [1.82, 2.24) is 4.90 Å². The molecule has 5 N–H and O–H groups in total. The first-order valence-electron chi connectivity index (χ1n) is 7.25. The van der Waals surface area contributed by atoms with Crippen LogP contribution < -0.4 is 16.8 Å². The van der Waals surface area contributed by atoms with Gasteiger partial charge in [-0.3, -0.25) is 9.69 Å². The summed E-state index contributed by atoms with van der Waals surface area (Å²) in [7, 11) is 0. The fourth-order valence-corrected chi connectivity index (χ4v) is 2.67. The number of amides is 1. The lowest BCUT2D eigenvalue weighted by Crippen LogP contribution is -2.41. The van der Waals surface area contributed by atoms with E-state index in [4.69, 9.17) is 11.5 Å². The van der Waals surface area contributed by atoms with Gasteiger partial charge >= 0.3 is 0 Å². The lowest BCUT2D eigenvalue weighted by atomic mass is 10.1. The maximum absolute atomic E-state index is 11.4. The molecule has 0 aromatic heterocycles. The normalized spacial score (nSPS) is 17.6. The molecule has 20 heavy (non-hydrogen) atoms. The van der Waals surface area contributed by atoms with Crippen LogP contribution in [0.4, 0.5) is 11.4 Å². The Labute approximate surface area is 120 Å². The van der Waals surface area contributed by atoms with Gasteiger partial charge in [-0.25, -0.2) is 0 Å². The second-order valence-electron chi connectivity index (χ2n) is 5.50. The van der Waals surface area contributed by atoms with Gasteiger partial charge in [0.1, 0.15) is 0 Å². The van der Waals surface area contributed by atoms with E-state index in [-0.39, 0.29) is 0 Å². The Morgan fingerprint density at radius 1 is 1.35 bits per heavy atom. The number of nitrogens with one attached hydrogen (secondary N) is 1. The molecule has 0 spiro atoms. The molecule has 1 aliphatic heterocycles. The summed E-state index contributed by atoms with van der Waals surface area (Å²) in [5.41, 5.74) is 13.0. The number of carbonyl (C=O) groups is 1. The Kier molecular flexibility index (Phi) is 4.84. The molecule has 0 bridgehead atoms. The van der Waals surface area contributed by atoms with Crippen LogP contribution in [-0.4, -0.2) is 36.5 Å². The van der Waals surface area contributed by atoms with Gasteiger partial charge in [-0.2, -0.15) is 0 Å². The number of rotatable bonds is 5. The number of likely N-dealkylation sites (tertiary alicyclic amines) is 1. The zero-order valence-electron chi connectivity index (χ0n) is 12.1. The highest BCUT2D eigenvalue weighted by Crippen LogP contribution is 2.19. The molecule has 2 rings (SSSR count). The topological polar surface area (TPSA) is 84.4 Å². The van der Waals surface area contributed by atoms with E-state index in [1.807, 2.05) is 0 Å². The van der Waals surface area contributed by atoms with Crippen LogP contribution in [0.15, 0.2) is 18.2 Å². The number of anilines is 2. The summed E-state index contributed by atoms with van der Waals surface area (Å²) in [4.78, 5) is 13.9. The fraction of sp³-hybridized carbons (Fsp3) is 0.533. The van der Waals surface area contributed by atoms with Gasteiger partial charge in [-0.15, -0.1) is 0 Å². The molecule has 0 radical (unpaired) electrons. The monoisotopic (exact) mass is 276 g/mol. The van der Waals surface area contributed by atoms with Gasteiger partial charge in [-0.05, 0) is 51.1 Å². The third-order valence-electron chi connectivity index (χ3n) is 3.91. The van der Waals surface area contributed by atoms with Gasteiger partial charge < -0.3 is 16.8 Å². The van der Waals surface area contributed by atoms with E-state index in [2.05, 4.69) is 17.1 Å². The zero-order valence-corrected chi connectivity index (χ0v) is 12.1. The van der Waals surface area contributed by atoms with Crippen molar-refractivity contribution >= 4 is 17.3 Å². The number of piperidine rings is 1. The quantitative estimate of drug-likeness (QED) is 0.714. The predicted octanol–water partition coefficient (Wildman–Crippen LogP) is 1.65. The molecule has 5 heteroatoms. The third kappa shape index (κ3) is 3.63. The first-order chi connectivity index (χ1) is 9.58. The Balaban J connectivity index is 1.99. The van der Waals surface area contributed by atoms with Gasteiger partial charge in [0.2, 0.25) is 0 Å². The number of nitrogens with two attached hydrogens (primary N) is 2. The van der Waals surface area contributed by atoms with Crippen LogP contribution in [0.5, 0.6) is 0 Å². The van der Waals surface area contributed by atoms with Crippen molar-refractivity contribution in [3.8, 4) is 0 Å². The highest BCUT2D eigenvalue weighted by atomic mass is 16.1. The lowest BCUT2D eigenvalue weighted by molar-refractivity contribution is 0.100. The minimum absolute atomic E-state index is 0.428. The number of hydrogen-bond donors (Lipinski definition) is 3. The summed E-state index contributed by atoms with van der Waals surface area (Å²) < 4.78 is 0. The van der Waals surface area contributed by atoms with E-state index in [0.717, 1.165) is 25.3 Å². The van der Waals surface area contributed by atoms with Gasteiger partial charge in [-0.1, -0.05) is 6.42 Å². The van der Waals surface area contributed by atoms with Crippen molar-refractivity contribution in [3.63, 3.8) is 0 Å². The molecule has 0 aliphatic carbocycles. The van der Waals surface area contributed by atoms with Crippen LogP contribution >= 0.6 is 0 Å². The van der Waals surface area contributed by atoms with Crippen LogP contribution in [0.25, 0.3) is 0 Å². The Bertz CT molecular complexity index is 469. The maximum Gasteiger partial charge on any atom is 0.250 e. The summed E-state index contributed by atoms with van der Waals surface area (Å²) in [6, 6.07) is 5.56. The Hall–Kier alpha value is -1.75. The van der Waals surface area contributed by atoms with Crippen molar-refractivity contribution in [3.05, 3.63) is 23.8 Å². The van der Waals surface area contributed by atoms with Gasteiger partial charge in [0.15, 0.2) is 0 Å². The number of benzene rings is 1. The number of carbonyl (C=O) groups excluding carboxylic acids is 1. The van der Waals surface area contributed by atoms with Crippen molar-refractivity contribution < 1.29 is 4.79 Å². The van der Waals surface area contributed by atoms with Crippen molar-refractivity contribution in [2.45, 2.75) is 32.2 Å². The zero-order chi connectivity index (χ0) is 14.5. The smallest absolute Gasteiger partial charge is 0.250 e. The highest BCUT2D eigenvalue weighted by Gasteiger charge is 2.17. The van der Waals surface area contributed by atoms with Gasteiger partial charge in [0.25, 0.3) is 5.91 Å². The van der Waals surface area contributed by atoms with Gasteiger partial charge in [0, 0.05) is 24.0 Å². The van der Waals surface area contributed by atoms with E-state index >= 15 is 0 Å². The molecule has 1 saturated heterocycles. The van der Waals surface area contributed by atoms with Crippen LogP contribution in [0.3, 0.4) is 0 Å². The lowest BCUT2D eigenvalue weighted by Gasteiger charge is -2.32. The molecule has 110 valence electrons. The van der Waals surface area contributed by atoms with Gasteiger partial charge in [0.05, 0.1) is 5.56 Å². The summed E-state index contributed by atoms with van der Waals surface area (Å²) in [6.45, 7) is 5.29. The average molecular weight is 276 g/mol. The first kappa shape index (κ1) is 14.7. The van der Waals surface area contributed by atoms with E-state index in [0.29, 0.717) is 17.3 Å². The van der Waals surface area contributed by atoms with Crippen molar-refractivity contribution in [2.75, 3.05) is 30.7 Å². The number of nitrogens with zero attached hydrogens (tertiary/aromatic N) is 1. The predicted molar refractivity (Wildman–Crippen MR) is 82.7 cm³/mol.